The Morgan fingerprint density at radius 1 is 1.24 bits per heavy atom. The lowest BCUT2D eigenvalue weighted by Gasteiger charge is -2.30. The summed E-state index contributed by atoms with van der Waals surface area (Å²) < 4.78 is 24.9. The van der Waals surface area contributed by atoms with E-state index in [1.165, 1.54) is 24.0 Å². The van der Waals surface area contributed by atoms with Gasteiger partial charge in [0.05, 0.1) is 18.8 Å². The number of aliphatic imine (C=N–C) groups is 1. The fourth-order valence-corrected chi connectivity index (χ4v) is 5.85. The molecule has 2 fully saturated rings. The molecule has 1 aromatic rings. The minimum absolute atomic E-state index is 0.353. The molecule has 1 atom stereocenters. The summed E-state index contributed by atoms with van der Waals surface area (Å²) in [5.74, 6) is 1.34. The number of hydrogen-bond donors (Lipinski definition) is 2. The molecule has 0 amide bonds. The second-order valence-electron chi connectivity index (χ2n) is 7.98. The zero-order chi connectivity index (χ0) is 20.7. The molecule has 0 aromatic carbocycles. The van der Waals surface area contributed by atoms with Crippen LogP contribution in [-0.2, 0) is 10.0 Å². The molecule has 29 heavy (non-hydrogen) atoms. The molecule has 1 aromatic heterocycles. The highest BCUT2D eigenvalue weighted by Gasteiger charge is 2.26. The minimum Gasteiger partial charge on any atom is -0.357 e. The molecule has 0 radical (unpaired) electrons. The number of rotatable bonds is 8. The third-order valence-electron chi connectivity index (χ3n) is 5.82. The van der Waals surface area contributed by atoms with Crippen molar-refractivity contribution < 1.29 is 8.42 Å². The molecule has 2 aliphatic rings. The second-order valence-corrected chi connectivity index (χ2v) is 10.9. The SMILES string of the molecule is CCNC(=NCC(c1cccs1)N1CCCC1)NCC1CCN(S(C)(=O)=O)CC1. The first kappa shape index (κ1) is 22.5. The molecule has 3 rings (SSSR count). The van der Waals surface area contributed by atoms with E-state index in [0.29, 0.717) is 25.0 Å². The van der Waals surface area contributed by atoms with Gasteiger partial charge in [-0.05, 0) is 63.1 Å². The van der Waals surface area contributed by atoms with Gasteiger partial charge in [-0.15, -0.1) is 11.3 Å². The lowest BCUT2D eigenvalue weighted by molar-refractivity contribution is 0.255. The lowest BCUT2D eigenvalue weighted by atomic mass is 9.98. The highest BCUT2D eigenvalue weighted by atomic mass is 32.2. The molecule has 0 saturated carbocycles. The standard InChI is InChI=1S/C20H35N5O2S2/c1-3-21-20(22-15-17-8-12-25(13-9-17)29(2,26)27)23-16-18(19-7-6-14-28-19)24-10-4-5-11-24/h6-7,14,17-18H,3-5,8-13,15-16H2,1-2H3,(H2,21,22,23). The molecule has 3 heterocycles. The molecule has 2 aliphatic heterocycles. The van der Waals surface area contributed by atoms with Crippen molar-refractivity contribution in [1.29, 1.82) is 0 Å². The van der Waals surface area contributed by atoms with Crippen LogP contribution in [0.4, 0.5) is 0 Å². The number of guanidine groups is 1. The smallest absolute Gasteiger partial charge is 0.211 e. The molecule has 2 N–H and O–H groups in total. The summed E-state index contributed by atoms with van der Waals surface area (Å²) in [4.78, 5) is 8.85. The van der Waals surface area contributed by atoms with Gasteiger partial charge in [0.1, 0.15) is 0 Å². The van der Waals surface area contributed by atoms with Crippen LogP contribution in [0, 0.1) is 5.92 Å². The lowest BCUT2D eigenvalue weighted by Crippen LogP contribution is -2.44. The van der Waals surface area contributed by atoms with Crippen LogP contribution in [0.15, 0.2) is 22.5 Å². The monoisotopic (exact) mass is 441 g/mol. The fourth-order valence-electron chi connectivity index (χ4n) is 4.13. The molecule has 164 valence electrons. The van der Waals surface area contributed by atoms with Gasteiger partial charge in [0.15, 0.2) is 5.96 Å². The highest BCUT2D eigenvalue weighted by Crippen LogP contribution is 2.28. The summed E-state index contributed by atoms with van der Waals surface area (Å²) >= 11 is 1.82. The third kappa shape index (κ3) is 6.67. The summed E-state index contributed by atoms with van der Waals surface area (Å²) in [6.07, 6.45) is 5.63. The van der Waals surface area contributed by atoms with Gasteiger partial charge < -0.3 is 10.6 Å². The molecule has 0 spiro atoms. The average molecular weight is 442 g/mol. The Bertz CT molecular complexity index is 737. The number of piperidine rings is 1. The van der Waals surface area contributed by atoms with Crippen molar-refractivity contribution in [3.8, 4) is 0 Å². The predicted octanol–water partition coefficient (Wildman–Crippen LogP) is 2.11. The van der Waals surface area contributed by atoms with Crippen molar-refractivity contribution in [3.05, 3.63) is 22.4 Å². The van der Waals surface area contributed by atoms with Crippen molar-refractivity contribution in [2.45, 2.75) is 38.6 Å². The van der Waals surface area contributed by atoms with Crippen molar-refractivity contribution in [1.82, 2.24) is 19.8 Å². The highest BCUT2D eigenvalue weighted by molar-refractivity contribution is 7.88. The van der Waals surface area contributed by atoms with Gasteiger partial charge in [0, 0.05) is 31.1 Å². The van der Waals surface area contributed by atoms with E-state index in [1.54, 1.807) is 4.31 Å². The molecule has 0 aliphatic carbocycles. The summed E-state index contributed by atoms with van der Waals surface area (Å²) in [5.41, 5.74) is 0. The van der Waals surface area contributed by atoms with Gasteiger partial charge in [-0.3, -0.25) is 9.89 Å². The Labute approximate surface area is 179 Å². The zero-order valence-electron chi connectivity index (χ0n) is 17.6. The predicted molar refractivity (Wildman–Crippen MR) is 121 cm³/mol. The molecule has 9 heteroatoms. The number of hydrogen-bond acceptors (Lipinski definition) is 5. The number of thiophene rings is 1. The van der Waals surface area contributed by atoms with Gasteiger partial charge in [-0.2, -0.15) is 0 Å². The number of nitrogens with zero attached hydrogens (tertiary/aromatic N) is 3. The first-order chi connectivity index (χ1) is 14.0. The third-order valence-corrected chi connectivity index (χ3v) is 8.10. The quantitative estimate of drug-likeness (QED) is 0.477. The van der Waals surface area contributed by atoms with Crippen molar-refractivity contribution in [2.24, 2.45) is 10.9 Å². The van der Waals surface area contributed by atoms with Gasteiger partial charge in [-0.25, -0.2) is 12.7 Å². The van der Waals surface area contributed by atoms with Crippen LogP contribution in [0.3, 0.4) is 0 Å². The second kappa shape index (κ2) is 10.7. The molecule has 7 nitrogen and oxygen atoms in total. The normalized spacial score (nSPS) is 21.4. The first-order valence-corrected chi connectivity index (χ1v) is 13.4. The largest absolute Gasteiger partial charge is 0.357 e. The Kier molecular flexibility index (Phi) is 8.35. The molecule has 2 saturated heterocycles. The fraction of sp³-hybridized carbons (Fsp3) is 0.750. The van der Waals surface area contributed by atoms with E-state index in [-0.39, 0.29) is 0 Å². The van der Waals surface area contributed by atoms with Crippen LogP contribution < -0.4 is 10.6 Å². The maximum Gasteiger partial charge on any atom is 0.211 e. The van der Waals surface area contributed by atoms with Crippen molar-refractivity contribution in [3.63, 3.8) is 0 Å². The van der Waals surface area contributed by atoms with Crippen LogP contribution >= 0.6 is 11.3 Å². The van der Waals surface area contributed by atoms with E-state index < -0.39 is 10.0 Å². The van der Waals surface area contributed by atoms with E-state index in [1.807, 2.05) is 11.3 Å². The summed E-state index contributed by atoms with van der Waals surface area (Å²) in [6.45, 7) is 8.04. The Morgan fingerprint density at radius 3 is 2.55 bits per heavy atom. The van der Waals surface area contributed by atoms with Gasteiger partial charge in [0.25, 0.3) is 0 Å². The van der Waals surface area contributed by atoms with Crippen LogP contribution in [0.5, 0.6) is 0 Å². The van der Waals surface area contributed by atoms with Gasteiger partial charge in [-0.1, -0.05) is 6.07 Å². The van der Waals surface area contributed by atoms with E-state index in [0.717, 1.165) is 51.5 Å². The van der Waals surface area contributed by atoms with Gasteiger partial charge in [0.2, 0.25) is 10.0 Å². The molecular formula is C20H35N5O2S2. The van der Waals surface area contributed by atoms with Crippen LogP contribution in [0.2, 0.25) is 0 Å². The zero-order valence-corrected chi connectivity index (χ0v) is 19.3. The Hall–Kier alpha value is -1.16. The van der Waals surface area contributed by atoms with Crippen LogP contribution in [0.25, 0.3) is 0 Å². The Balaban J connectivity index is 1.55. The van der Waals surface area contributed by atoms with Crippen molar-refractivity contribution in [2.75, 3.05) is 52.1 Å². The summed E-state index contributed by atoms with van der Waals surface area (Å²) in [6, 6.07) is 4.70. The number of likely N-dealkylation sites (tertiary alicyclic amines) is 1. The minimum atomic E-state index is -3.06. The summed E-state index contributed by atoms with van der Waals surface area (Å²) in [5, 5.41) is 9.00. The first-order valence-electron chi connectivity index (χ1n) is 10.7. The van der Waals surface area contributed by atoms with E-state index in [4.69, 9.17) is 4.99 Å². The topological polar surface area (TPSA) is 77.0 Å². The maximum atomic E-state index is 11.7. The van der Waals surface area contributed by atoms with Gasteiger partial charge >= 0.3 is 0 Å². The van der Waals surface area contributed by atoms with Crippen molar-refractivity contribution >= 4 is 27.3 Å². The molecular weight excluding hydrogens is 406 g/mol. The number of sulfonamides is 1. The van der Waals surface area contributed by atoms with E-state index in [9.17, 15) is 8.42 Å². The van der Waals surface area contributed by atoms with E-state index >= 15 is 0 Å². The number of nitrogens with one attached hydrogen (secondary N) is 2. The van der Waals surface area contributed by atoms with E-state index in [2.05, 4.69) is 40.0 Å². The molecule has 0 bridgehead atoms. The Morgan fingerprint density at radius 2 is 1.97 bits per heavy atom. The van der Waals surface area contributed by atoms with Crippen LogP contribution in [0.1, 0.15) is 43.5 Å². The van der Waals surface area contributed by atoms with Crippen LogP contribution in [-0.4, -0.2) is 75.7 Å². The summed E-state index contributed by atoms with van der Waals surface area (Å²) in [7, 11) is -3.06. The maximum absolute atomic E-state index is 11.7. The molecule has 1 unspecified atom stereocenters. The average Bonchev–Trinajstić information content (AvgIpc) is 3.40.